The number of carbonyl (C=O) groups excluding carboxylic acids is 2. The minimum atomic E-state index is -0.163. The second-order valence-corrected chi connectivity index (χ2v) is 9.26. The largest absolute Gasteiger partial charge is 0.273 e. The fraction of sp³-hybridized carbons (Fsp3) is 0.619. The lowest BCUT2D eigenvalue weighted by Gasteiger charge is -2.56. The molecule has 0 heterocycles. The van der Waals surface area contributed by atoms with Crippen molar-refractivity contribution in [3.63, 3.8) is 0 Å². The van der Waals surface area contributed by atoms with Gasteiger partial charge in [0.25, 0.3) is 0 Å². The zero-order chi connectivity index (χ0) is 18.1. The first-order valence-corrected chi connectivity index (χ1v) is 10.2. The number of carbonyl (C=O) groups is 2. The van der Waals surface area contributed by atoms with Crippen LogP contribution in [0.2, 0.25) is 5.02 Å². The number of rotatable bonds is 5. The number of aryl methyl sites for hydroxylation is 1. The van der Waals surface area contributed by atoms with Gasteiger partial charge >= 0.3 is 0 Å². The van der Waals surface area contributed by atoms with Crippen molar-refractivity contribution < 1.29 is 9.59 Å². The first-order valence-electron chi connectivity index (χ1n) is 9.82. The van der Waals surface area contributed by atoms with Crippen molar-refractivity contribution in [1.82, 2.24) is 10.9 Å². The molecule has 4 bridgehead atoms. The molecule has 0 atom stereocenters. The Bertz CT molecular complexity index is 668. The number of hydrogen-bond acceptors (Lipinski definition) is 2. The van der Waals surface area contributed by atoms with Crippen LogP contribution in [0.1, 0.15) is 56.9 Å². The van der Waals surface area contributed by atoms with E-state index in [-0.39, 0.29) is 17.2 Å². The Morgan fingerprint density at radius 1 is 1.00 bits per heavy atom. The molecule has 5 rings (SSSR count). The van der Waals surface area contributed by atoms with Gasteiger partial charge in [0.1, 0.15) is 0 Å². The highest BCUT2D eigenvalue weighted by molar-refractivity contribution is 6.30. The average Bonchev–Trinajstić information content (AvgIpc) is 2.56. The molecule has 0 aliphatic heterocycles. The molecule has 5 heteroatoms. The minimum absolute atomic E-state index is 0.0388. The molecular weight excluding hydrogens is 348 g/mol. The summed E-state index contributed by atoms with van der Waals surface area (Å²) in [5.74, 6) is 2.30. The van der Waals surface area contributed by atoms with Gasteiger partial charge in [-0.15, -0.1) is 0 Å². The summed E-state index contributed by atoms with van der Waals surface area (Å²) < 4.78 is 0. The maximum atomic E-state index is 12.4. The fourth-order valence-electron chi connectivity index (χ4n) is 6.04. The van der Waals surface area contributed by atoms with Crippen LogP contribution in [-0.4, -0.2) is 11.8 Å². The zero-order valence-corrected chi connectivity index (χ0v) is 15.9. The average molecular weight is 375 g/mol. The van der Waals surface area contributed by atoms with Crippen LogP contribution in [-0.2, 0) is 16.0 Å². The molecule has 4 saturated carbocycles. The van der Waals surface area contributed by atoms with Gasteiger partial charge in [0.2, 0.25) is 11.8 Å². The monoisotopic (exact) mass is 374 g/mol. The van der Waals surface area contributed by atoms with Gasteiger partial charge in [0.15, 0.2) is 0 Å². The molecule has 2 N–H and O–H groups in total. The van der Waals surface area contributed by atoms with Crippen LogP contribution in [0.15, 0.2) is 24.3 Å². The summed E-state index contributed by atoms with van der Waals surface area (Å²) in [4.78, 5) is 24.4. The standard InChI is InChI=1S/C21H27ClN2O2/c22-18-3-1-2-14(9-18)4-5-19(25)23-24-20(26)13-21-10-15-6-16(11-21)8-17(7-15)12-21/h1-3,9,15-17H,4-8,10-13H2,(H,23,25)(H,24,26). The highest BCUT2D eigenvalue weighted by Crippen LogP contribution is 2.61. The first-order chi connectivity index (χ1) is 12.5. The van der Waals surface area contributed by atoms with Crippen LogP contribution in [0.4, 0.5) is 0 Å². The van der Waals surface area contributed by atoms with Gasteiger partial charge in [-0.25, -0.2) is 0 Å². The molecule has 0 unspecified atom stereocenters. The predicted molar refractivity (Wildman–Crippen MR) is 101 cm³/mol. The zero-order valence-electron chi connectivity index (χ0n) is 15.1. The summed E-state index contributed by atoms with van der Waals surface area (Å²) in [7, 11) is 0. The Kier molecular flexibility index (Phi) is 4.96. The number of amides is 2. The lowest BCUT2D eigenvalue weighted by molar-refractivity contribution is -0.134. The Hall–Kier alpha value is -1.55. The van der Waals surface area contributed by atoms with Crippen LogP contribution in [0.3, 0.4) is 0 Å². The molecule has 0 spiro atoms. The van der Waals surface area contributed by atoms with E-state index in [1.54, 1.807) is 0 Å². The summed E-state index contributed by atoms with van der Waals surface area (Å²) in [6.45, 7) is 0. The molecular formula is C21H27ClN2O2. The number of benzene rings is 1. The molecule has 1 aromatic carbocycles. The number of hydrazine groups is 1. The summed E-state index contributed by atoms with van der Waals surface area (Å²) in [6.07, 6.45) is 9.24. The van der Waals surface area contributed by atoms with E-state index >= 15 is 0 Å². The molecule has 4 aliphatic carbocycles. The number of nitrogens with one attached hydrogen (secondary N) is 2. The van der Waals surface area contributed by atoms with Gasteiger partial charge in [-0.05, 0) is 85.8 Å². The van der Waals surface area contributed by atoms with Crippen molar-refractivity contribution in [2.24, 2.45) is 23.2 Å². The maximum absolute atomic E-state index is 12.4. The molecule has 1 aromatic rings. The van der Waals surface area contributed by atoms with Crippen LogP contribution in [0, 0.1) is 23.2 Å². The van der Waals surface area contributed by atoms with Crippen molar-refractivity contribution in [1.29, 1.82) is 0 Å². The predicted octanol–water partition coefficient (Wildman–Crippen LogP) is 4.03. The van der Waals surface area contributed by atoms with Gasteiger partial charge in [0.05, 0.1) is 0 Å². The Morgan fingerprint density at radius 3 is 2.23 bits per heavy atom. The smallest absolute Gasteiger partial charge is 0.238 e. The SMILES string of the molecule is O=C(CCc1cccc(Cl)c1)NNC(=O)CC12CC3CC(CC(C3)C1)C2. The van der Waals surface area contributed by atoms with Gasteiger partial charge in [-0.3, -0.25) is 20.4 Å². The molecule has 0 saturated heterocycles. The lowest BCUT2D eigenvalue weighted by Crippen LogP contribution is -2.50. The highest BCUT2D eigenvalue weighted by atomic mass is 35.5. The lowest BCUT2D eigenvalue weighted by atomic mass is 9.49. The van der Waals surface area contributed by atoms with Gasteiger partial charge in [-0.1, -0.05) is 23.7 Å². The van der Waals surface area contributed by atoms with E-state index in [0.29, 0.717) is 24.3 Å². The van der Waals surface area contributed by atoms with Crippen molar-refractivity contribution in [2.75, 3.05) is 0 Å². The summed E-state index contributed by atoms with van der Waals surface area (Å²) in [5, 5.41) is 0.673. The molecule has 140 valence electrons. The summed E-state index contributed by atoms with van der Waals surface area (Å²) in [6, 6.07) is 7.50. The highest BCUT2D eigenvalue weighted by Gasteiger charge is 2.51. The molecule has 26 heavy (non-hydrogen) atoms. The second kappa shape index (κ2) is 7.22. The van der Waals surface area contributed by atoms with Crippen molar-refractivity contribution in [3.05, 3.63) is 34.9 Å². The topological polar surface area (TPSA) is 58.2 Å². The number of hydrogen-bond donors (Lipinski definition) is 2. The van der Waals surface area contributed by atoms with Crippen LogP contribution in [0.5, 0.6) is 0 Å². The Balaban J connectivity index is 1.22. The van der Waals surface area contributed by atoms with Crippen LogP contribution < -0.4 is 10.9 Å². The van der Waals surface area contributed by atoms with Crippen LogP contribution in [0.25, 0.3) is 0 Å². The van der Waals surface area contributed by atoms with E-state index in [4.69, 9.17) is 11.6 Å². The van der Waals surface area contributed by atoms with Crippen molar-refractivity contribution >= 4 is 23.4 Å². The summed E-state index contributed by atoms with van der Waals surface area (Å²) in [5.41, 5.74) is 6.44. The third-order valence-corrected chi connectivity index (χ3v) is 6.81. The number of halogens is 1. The van der Waals surface area contributed by atoms with Crippen molar-refractivity contribution in [2.45, 2.75) is 57.8 Å². The minimum Gasteiger partial charge on any atom is -0.273 e. The van der Waals surface area contributed by atoms with E-state index in [9.17, 15) is 9.59 Å². The van der Waals surface area contributed by atoms with E-state index in [1.165, 1.54) is 38.5 Å². The van der Waals surface area contributed by atoms with E-state index in [2.05, 4.69) is 10.9 Å². The Morgan fingerprint density at radius 2 is 1.62 bits per heavy atom. The maximum Gasteiger partial charge on any atom is 0.238 e. The van der Waals surface area contributed by atoms with E-state index in [1.807, 2.05) is 24.3 Å². The third kappa shape index (κ3) is 4.06. The van der Waals surface area contributed by atoms with Gasteiger partial charge in [0, 0.05) is 17.9 Å². The molecule has 2 amide bonds. The van der Waals surface area contributed by atoms with E-state index in [0.717, 1.165) is 23.3 Å². The first kappa shape index (κ1) is 17.8. The second-order valence-electron chi connectivity index (χ2n) is 8.82. The Labute approximate surface area is 160 Å². The third-order valence-electron chi connectivity index (χ3n) is 6.57. The fourth-order valence-corrected chi connectivity index (χ4v) is 6.26. The quantitative estimate of drug-likeness (QED) is 0.764. The van der Waals surface area contributed by atoms with Crippen molar-refractivity contribution in [3.8, 4) is 0 Å². The molecule has 4 nitrogen and oxygen atoms in total. The molecule has 4 aliphatic rings. The van der Waals surface area contributed by atoms with Gasteiger partial charge in [-0.2, -0.15) is 0 Å². The van der Waals surface area contributed by atoms with E-state index < -0.39 is 0 Å². The molecule has 0 radical (unpaired) electrons. The molecule has 4 fully saturated rings. The summed E-state index contributed by atoms with van der Waals surface area (Å²) >= 11 is 5.95. The van der Waals surface area contributed by atoms with Crippen LogP contribution >= 0.6 is 11.6 Å². The molecule has 0 aromatic heterocycles. The normalized spacial score (nSPS) is 31.7. The van der Waals surface area contributed by atoms with Gasteiger partial charge < -0.3 is 0 Å².